The van der Waals surface area contributed by atoms with Gasteiger partial charge in [-0.3, -0.25) is 0 Å². The molecule has 1 rings (SSSR count). The minimum atomic E-state index is -4.50. The Kier molecular flexibility index (Phi) is 4.20. The molecule has 0 bridgehead atoms. The molecular weight excluding hydrogens is 264 g/mol. The van der Waals surface area contributed by atoms with Crippen LogP contribution in [0.2, 0.25) is 0 Å². The van der Waals surface area contributed by atoms with E-state index in [0.717, 1.165) is 30.5 Å². The third-order valence-corrected chi connectivity index (χ3v) is 1.74. The van der Waals surface area contributed by atoms with Gasteiger partial charge in [-0.05, 0) is 17.7 Å². The van der Waals surface area contributed by atoms with Gasteiger partial charge in [0.2, 0.25) is 6.61 Å². The number of rotatable bonds is 3. The van der Waals surface area contributed by atoms with Gasteiger partial charge in [0.05, 0.1) is 11.8 Å². The molecule has 0 N–H and O–H groups in total. The van der Waals surface area contributed by atoms with Crippen molar-refractivity contribution >= 4 is 6.21 Å². The molecule has 0 atom stereocenters. The number of alkyl halides is 6. The second-order valence-electron chi connectivity index (χ2n) is 3.24. The average molecular weight is 271 g/mol. The first-order valence-electron chi connectivity index (χ1n) is 4.58. The fourth-order valence-corrected chi connectivity index (χ4v) is 0.967. The second-order valence-corrected chi connectivity index (χ2v) is 3.24. The SMILES string of the molecule is FC(F)(F)CON=Cc1ccc(C(F)(F)F)cc1. The third-order valence-electron chi connectivity index (χ3n) is 1.74. The Morgan fingerprint density at radius 2 is 1.56 bits per heavy atom. The fraction of sp³-hybridized carbons (Fsp3) is 0.300. The minimum absolute atomic E-state index is 0.199. The molecule has 0 heterocycles. The van der Waals surface area contributed by atoms with E-state index in [4.69, 9.17) is 0 Å². The molecule has 0 aromatic heterocycles. The largest absolute Gasteiger partial charge is 0.425 e. The van der Waals surface area contributed by atoms with Crippen molar-refractivity contribution in [3.63, 3.8) is 0 Å². The maximum absolute atomic E-state index is 12.2. The van der Waals surface area contributed by atoms with Crippen molar-refractivity contribution in [3.05, 3.63) is 35.4 Å². The van der Waals surface area contributed by atoms with Crippen LogP contribution in [0.4, 0.5) is 26.3 Å². The van der Waals surface area contributed by atoms with Gasteiger partial charge in [0.15, 0.2) is 0 Å². The average Bonchev–Trinajstić information content (AvgIpc) is 2.22. The van der Waals surface area contributed by atoms with E-state index in [-0.39, 0.29) is 5.56 Å². The molecule has 0 aliphatic rings. The van der Waals surface area contributed by atoms with Crippen molar-refractivity contribution in [2.45, 2.75) is 12.4 Å². The Morgan fingerprint density at radius 1 is 1.00 bits per heavy atom. The highest BCUT2D eigenvalue weighted by Gasteiger charge is 2.30. The lowest BCUT2D eigenvalue weighted by Gasteiger charge is -2.06. The van der Waals surface area contributed by atoms with Crippen LogP contribution in [0, 0.1) is 0 Å². The van der Waals surface area contributed by atoms with Gasteiger partial charge in [-0.25, -0.2) is 0 Å². The molecule has 100 valence electrons. The molecule has 0 aliphatic heterocycles. The van der Waals surface area contributed by atoms with E-state index in [0.29, 0.717) is 0 Å². The molecular formula is C10H7F6NO. The molecule has 1 aromatic rings. The van der Waals surface area contributed by atoms with E-state index in [9.17, 15) is 26.3 Å². The Balaban J connectivity index is 2.57. The molecule has 0 saturated heterocycles. The summed E-state index contributed by atoms with van der Waals surface area (Å²) in [5.74, 6) is 0. The summed E-state index contributed by atoms with van der Waals surface area (Å²) in [5, 5.41) is 2.99. The van der Waals surface area contributed by atoms with Crippen LogP contribution < -0.4 is 0 Å². The highest BCUT2D eigenvalue weighted by Crippen LogP contribution is 2.28. The Morgan fingerprint density at radius 3 is 2.00 bits per heavy atom. The standard InChI is InChI=1S/C10H7F6NO/c11-9(12,13)6-18-17-5-7-1-3-8(4-2-7)10(14,15)16/h1-5H,6H2. The Labute approximate surface area is 97.8 Å². The van der Waals surface area contributed by atoms with Gasteiger partial charge in [-0.15, -0.1) is 0 Å². The molecule has 0 fully saturated rings. The monoisotopic (exact) mass is 271 g/mol. The number of halogens is 6. The first-order valence-corrected chi connectivity index (χ1v) is 4.58. The Hall–Kier alpha value is -1.73. The molecule has 0 unspecified atom stereocenters. The normalized spacial score (nSPS) is 13.0. The van der Waals surface area contributed by atoms with Crippen molar-refractivity contribution in [2.75, 3.05) is 6.61 Å². The predicted molar refractivity (Wildman–Crippen MR) is 51.0 cm³/mol. The molecule has 18 heavy (non-hydrogen) atoms. The molecule has 0 spiro atoms. The molecule has 0 amide bonds. The zero-order valence-corrected chi connectivity index (χ0v) is 8.72. The number of nitrogens with zero attached hydrogens (tertiary/aromatic N) is 1. The highest BCUT2D eigenvalue weighted by atomic mass is 19.4. The zero-order valence-electron chi connectivity index (χ0n) is 8.72. The lowest BCUT2D eigenvalue weighted by molar-refractivity contribution is -0.173. The summed E-state index contributed by atoms with van der Waals surface area (Å²) in [4.78, 5) is 3.92. The van der Waals surface area contributed by atoms with Gasteiger partial charge in [0.1, 0.15) is 0 Å². The molecule has 1 aromatic carbocycles. The van der Waals surface area contributed by atoms with Crippen LogP contribution in [-0.2, 0) is 11.0 Å². The summed E-state index contributed by atoms with van der Waals surface area (Å²) < 4.78 is 71.4. The summed E-state index contributed by atoms with van der Waals surface area (Å²) in [6.07, 6.45) is -8.06. The van der Waals surface area contributed by atoms with Crippen LogP contribution in [0.15, 0.2) is 29.4 Å². The maximum atomic E-state index is 12.2. The van der Waals surface area contributed by atoms with Gasteiger partial charge in [0.25, 0.3) is 0 Å². The second kappa shape index (κ2) is 5.28. The number of benzene rings is 1. The fourth-order valence-electron chi connectivity index (χ4n) is 0.967. The first-order chi connectivity index (χ1) is 8.18. The van der Waals surface area contributed by atoms with E-state index in [1.54, 1.807) is 0 Å². The molecule has 0 aliphatic carbocycles. The summed E-state index contributed by atoms with van der Waals surface area (Å²) in [7, 11) is 0. The summed E-state index contributed by atoms with van der Waals surface area (Å²) >= 11 is 0. The summed E-state index contributed by atoms with van der Waals surface area (Å²) in [5.41, 5.74) is -0.652. The number of oxime groups is 1. The topological polar surface area (TPSA) is 21.6 Å². The van der Waals surface area contributed by atoms with Crippen LogP contribution in [0.1, 0.15) is 11.1 Å². The van der Waals surface area contributed by atoms with E-state index in [2.05, 4.69) is 9.99 Å². The molecule has 8 heteroatoms. The minimum Gasteiger partial charge on any atom is -0.386 e. The quantitative estimate of drug-likeness (QED) is 0.467. The Bertz CT molecular complexity index is 406. The maximum Gasteiger partial charge on any atom is 0.425 e. The van der Waals surface area contributed by atoms with Gasteiger partial charge >= 0.3 is 12.4 Å². The van der Waals surface area contributed by atoms with E-state index >= 15 is 0 Å². The lowest BCUT2D eigenvalue weighted by Crippen LogP contribution is -2.14. The van der Waals surface area contributed by atoms with Crippen molar-refractivity contribution in [1.82, 2.24) is 0 Å². The number of hydrogen-bond donors (Lipinski definition) is 0. The molecule has 0 radical (unpaired) electrons. The third kappa shape index (κ3) is 5.07. The molecule has 2 nitrogen and oxygen atoms in total. The molecule has 0 saturated carbocycles. The summed E-state index contributed by atoms with van der Waals surface area (Å²) in [6, 6.07) is 3.74. The predicted octanol–water partition coefficient (Wildman–Crippen LogP) is 3.62. The van der Waals surface area contributed by atoms with E-state index < -0.39 is 24.5 Å². The number of hydrogen-bond acceptors (Lipinski definition) is 2. The van der Waals surface area contributed by atoms with Crippen LogP contribution in [0.25, 0.3) is 0 Å². The van der Waals surface area contributed by atoms with Crippen LogP contribution in [0.5, 0.6) is 0 Å². The first kappa shape index (κ1) is 14.3. The van der Waals surface area contributed by atoms with Gasteiger partial charge in [-0.1, -0.05) is 17.3 Å². The zero-order chi connectivity index (χ0) is 13.8. The lowest BCUT2D eigenvalue weighted by atomic mass is 10.1. The van der Waals surface area contributed by atoms with Crippen LogP contribution in [-0.4, -0.2) is 19.0 Å². The summed E-state index contributed by atoms with van der Waals surface area (Å²) in [6.45, 7) is -1.55. The van der Waals surface area contributed by atoms with Crippen molar-refractivity contribution in [3.8, 4) is 0 Å². The van der Waals surface area contributed by atoms with Crippen LogP contribution >= 0.6 is 0 Å². The van der Waals surface area contributed by atoms with Gasteiger partial charge in [-0.2, -0.15) is 26.3 Å². The van der Waals surface area contributed by atoms with Crippen molar-refractivity contribution in [1.29, 1.82) is 0 Å². The van der Waals surface area contributed by atoms with Crippen molar-refractivity contribution in [2.24, 2.45) is 5.16 Å². The highest BCUT2D eigenvalue weighted by molar-refractivity contribution is 5.79. The van der Waals surface area contributed by atoms with Crippen molar-refractivity contribution < 1.29 is 31.2 Å². The van der Waals surface area contributed by atoms with Crippen LogP contribution in [0.3, 0.4) is 0 Å². The smallest absolute Gasteiger partial charge is 0.386 e. The van der Waals surface area contributed by atoms with Gasteiger partial charge in [0, 0.05) is 0 Å². The van der Waals surface area contributed by atoms with Gasteiger partial charge < -0.3 is 4.84 Å². The van der Waals surface area contributed by atoms with E-state index in [1.165, 1.54) is 0 Å². The van der Waals surface area contributed by atoms with E-state index in [1.807, 2.05) is 0 Å².